The minimum atomic E-state index is -0.544. The third-order valence-corrected chi connectivity index (χ3v) is 5.14. The first-order valence-corrected chi connectivity index (χ1v) is 9.51. The molecule has 0 saturated carbocycles. The zero-order valence-corrected chi connectivity index (χ0v) is 16.7. The fraction of sp³-hybridized carbons (Fsp3) is 0.333. The number of benzene rings is 2. The fourth-order valence-electron chi connectivity index (χ4n) is 2.49. The Kier molecular flexibility index (Phi) is 6.86. The van der Waals surface area contributed by atoms with Crippen LogP contribution in [0.1, 0.15) is 31.9 Å². The molecule has 5 heteroatoms. The lowest BCUT2D eigenvalue weighted by atomic mass is 10.0. The van der Waals surface area contributed by atoms with Crippen LogP contribution in [0.5, 0.6) is 0 Å². The molecular weight excluding hydrogens is 344 g/mol. The van der Waals surface area contributed by atoms with E-state index in [1.165, 1.54) is 22.9 Å². The predicted molar refractivity (Wildman–Crippen MR) is 108 cm³/mol. The van der Waals surface area contributed by atoms with Crippen molar-refractivity contribution in [2.24, 2.45) is 5.92 Å². The molecule has 0 saturated heterocycles. The van der Waals surface area contributed by atoms with Crippen LogP contribution < -0.4 is 10.6 Å². The third kappa shape index (κ3) is 5.63. The first kappa shape index (κ1) is 20.0. The molecule has 4 nitrogen and oxygen atoms in total. The largest absolute Gasteiger partial charge is 0.344 e. The number of carbonyl (C=O) groups is 2. The van der Waals surface area contributed by atoms with E-state index in [1.54, 1.807) is 11.8 Å². The first-order valence-electron chi connectivity index (χ1n) is 8.69. The van der Waals surface area contributed by atoms with Crippen molar-refractivity contribution in [1.82, 2.24) is 5.32 Å². The summed E-state index contributed by atoms with van der Waals surface area (Å²) in [7, 11) is 0. The standard InChI is InChI=1S/C21H26N2O2S/c1-13(2)20(22-16(5)24)21(25)23-17-7-10-18(11-8-17)26-19-9-6-14(3)15(4)12-19/h6-13,20H,1-5H3,(H,22,24)(H,23,25)/t20-/m0/s1. The Morgan fingerprint density at radius 3 is 2.08 bits per heavy atom. The highest BCUT2D eigenvalue weighted by molar-refractivity contribution is 7.99. The van der Waals surface area contributed by atoms with E-state index in [4.69, 9.17) is 0 Å². The van der Waals surface area contributed by atoms with Gasteiger partial charge in [-0.3, -0.25) is 9.59 Å². The van der Waals surface area contributed by atoms with Crippen molar-refractivity contribution in [3.63, 3.8) is 0 Å². The van der Waals surface area contributed by atoms with Crippen molar-refractivity contribution in [1.29, 1.82) is 0 Å². The fourth-order valence-corrected chi connectivity index (χ4v) is 3.41. The van der Waals surface area contributed by atoms with Crippen LogP contribution in [0.15, 0.2) is 52.3 Å². The average molecular weight is 371 g/mol. The van der Waals surface area contributed by atoms with Crippen LogP contribution in [-0.4, -0.2) is 17.9 Å². The van der Waals surface area contributed by atoms with Gasteiger partial charge in [-0.2, -0.15) is 0 Å². The smallest absolute Gasteiger partial charge is 0.247 e. The lowest BCUT2D eigenvalue weighted by Crippen LogP contribution is -2.46. The van der Waals surface area contributed by atoms with E-state index in [1.807, 2.05) is 38.1 Å². The van der Waals surface area contributed by atoms with Gasteiger partial charge >= 0.3 is 0 Å². The number of hydrogen-bond acceptors (Lipinski definition) is 3. The Morgan fingerprint density at radius 2 is 1.54 bits per heavy atom. The predicted octanol–water partition coefficient (Wildman–Crippen LogP) is 4.55. The highest BCUT2D eigenvalue weighted by atomic mass is 32.2. The summed E-state index contributed by atoms with van der Waals surface area (Å²) in [5, 5.41) is 5.57. The van der Waals surface area contributed by atoms with E-state index in [0.29, 0.717) is 0 Å². The van der Waals surface area contributed by atoms with Gasteiger partial charge in [0.05, 0.1) is 0 Å². The van der Waals surface area contributed by atoms with E-state index in [2.05, 4.69) is 42.7 Å². The van der Waals surface area contributed by atoms with Crippen molar-refractivity contribution in [3.05, 3.63) is 53.6 Å². The topological polar surface area (TPSA) is 58.2 Å². The summed E-state index contributed by atoms with van der Waals surface area (Å²) in [4.78, 5) is 26.0. The van der Waals surface area contributed by atoms with Gasteiger partial charge in [0.2, 0.25) is 11.8 Å². The molecule has 1 atom stereocenters. The van der Waals surface area contributed by atoms with Gasteiger partial charge in [0.1, 0.15) is 6.04 Å². The van der Waals surface area contributed by atoms with Crippen molar-refractivity contribution < 1.29 is 9.59 Å². The monoisotopic (exact) mass is 370 g/mol. The van der Waals surface area contributed by atoms with Crippen molar-refractivity contribution in [2.75, 3.05) is 5.32 Å². The van der Waals surface area contributed by atoms with Crippen molar-refractivity contribution in [3.8, 4) is 0 Å². The lowest BCUT2D eigenvalue weighted by Gasteiger charge is -2.21. The lowest BCUT2D eigenvalue weighted by molar-refractivity contribution is -0.126. The Balaban J connectivity index is 2.03. The number of hydrogen-bond donors (Lipinski definition) is 2. The van der Waals surface area contributed by atoms with Gasteiger partial charge < -0.3 is 10.6 Å². The quantitative estimate of drug-likeness (QED) is 0.784. The summed E-state index contributed by atoms with van der Waals surface area (Å²) in [5.74, 6) is -0.401. The van der Waals surface area contributed by atoms with Crippen LogP contribution in [0.4, 0.5) is 5.69 Å². The maximum atomic E-state index is 12.4. The molecule has 0 bridgehead atoms. The second kappa shape index (κ2) is 8.90. The van der Waals surface area contributed by atoms with Gasteiger partial charge in [-0.1, -0.05) is 31.7 Å². The number of aryl methyl sites for hydroxylation is 2. The molecule has 2 amide bonds. The summed E-state index contributed by atoms with van der Waals surface area (Å²) in [6.07, 6.45) is 0. The molecule has 0 spiro atoms. The highest BCUT2D eigenvalue weighted by Crippen LogP contribution is 2.29. The molecule has 138 valence electrons. The van der Waals surface area contributed by atoms with Crippen molar-refractivity contribution >= 4 is 29.3 Å². The third-order valence-electron chi connectivity index (χ3n) is 4.14. The molecule has 0 radical (unpaired) electrons. The molecule has 0 aliphatic carbocycles. The molecule has 2 rings (SSSR count). The summed E-state index contributed by atoms with van der Waals surface area (Å²) in [6.45, 7) is 9.44. The molecule has 0 unspecified atom stereocenters. The number of nitrogens with one attached hydrogen (secondary N) is 2. The van der Waals surface area contributed by atoms with Crippen LogP contribution in [0.2, 0.25) is 0 Å². The number of anilines is 1. The second-order valence-electron chi connectivity index (χ2n) is 6.78. The zero-order valence-electron chi connectivity index (χ0n) is 15.9. The summed E-state index contributed by atoms with van der Waals surface area (Å²) in [6, 6.07) is 13.6. The zero-order chi connectivity index (χ0) is 19.3. The Bertz CT molecular complexity index is 785. The van der Waals surface area contributed by atoms with E-state index in [0.717, 1.165) is 10.6 Å². The highest BCUT2D eigenvalue weighted by Gasteiger charge is 2.22. The molecule has 0 aliphatic rings. The van der Waals surface area contributed by atoms with Gasteiger partial charge in [-0.25, -0.2) is 0 Å². The summed E-state index contributed by atoms with van der Waals surface area (Å²) in [5.41, 5.74) is 3.28. The van der Waals surface area contributed by atoms with E-state index >= 15 is 0 Å². The van der Waals surface area contributed by atoms with Crippen molar-refractivity contribution in [2.45, 2.75) is 50.5 Å². The molecule has 26 heavy (non-hydrogen) atoms. The molecule has 2 aromatic carbocycles. The van der Waals surface area contributed by atoms with Crippen LogP contribution in [0.3, 0.4) is 0 Å². The normalized spacial score (nSPS) is 11.9. The maximum Gasteiger partial charge on any atom is 0.247 e. The number of carbonyl (C=O) groups excluding carboxylic acids is 2. The molecule has 2 aromatic rings. The number of rotatable bonds is 6. The average Bonchev–Trinajstić information content (AvgIpc) is 2.57. The molecule has 0 aromatic heterocycles. The minimum absolute atomic E-state index is 0.0125. The second-order valence-corrected chi connectivity index (χ2v) is 7.93. The molecule has 0 fully saturated rings. The van der Waals surface area contributed by atoms with Gasteiger partial charge in [0, 0.05) is 22.4 Å². The molecule has 0 aliphatic heterocycles. The Morgan fingerprint density at radius 1 is 0.923 bits per heavy atom. The summed E-state index contributed by atoms with van der Waals surface area (Å²) < 4.78 is 0. The van der Waals surface area contributed by atoms with Gasteiger partial charge in [0.25, 0.3) is 0 Å². The van der Waals surface area contributed by atoms with E-state index in [9.17, 15) is 9.59 Å². The summed E-state index contributed by atoms with van der Waals surface area (Å²) >= 11 is 1.69. The van der Waals surface area contributed by atoms with Crippen LogP contribution in [0, 0.1) is 19.8 Å². The minimum Gasteiger partial charge on any atom is -0.344 e. The SMILES string of the molecule is CC(=O)N[C@H](C(=O)Nc1ccc(Sc2ccc(C)c(C)c2)cc1)C(C)C. The van der Waals surface area contributed by atoms with Gasteiger partial charge in [-0.15, -0.1) is 0 Å². The van der Waals surface area contributed by atoms with Gasteiger partial charge in [-0.05, 0) is 67.3 Å². The maximum absolute atomic E-state index is 12.4. The van der Waals surface area contributed by atoms with Crippen LogP contribution >= 0.6 is 11.8 Å². The molecule has 0 heterocycles. The first-order chi connectivity index (χ1) is 12.3. The Hall–Kier alpha value is -2.27. The van der Waals surface area contributed by atoms with Gasteiger partial charge in [0.15, 0.2) is 0 Å². The molecule has 2 N–H and O–H groups in total. The van der Waals surface area contributed by atoms with E-state index in [-0.39, 0.29) is 17.7 Å². The molecular formula is C21H26N2O2S. The number of amides is 2. The Labute approximate surface area is 159 Å². The van der Waals surface area contributed by atoms with E-state index < -0.39 is 6.04 Å². The van der Waals surface area contributed by atoms with Crippen LogP contribution in [-0.2, 0) is 9.59 Å². The van der Waals surface area contributed by atoms with Crippen LogP contribution in [0.25, 0.3) is 0 Å².